The fourth-order valence-electron chi connectivity index (χ4n) is 10.3. The molecule has 314 valence electrons. The van der Waals surface area contributed by atoms with E-state index in [2.05, 4.69) is 275 Å². The molecule has 3 nitrogen and oxygen atoms in total. The second-order valence-electron chi connectivity index (χ2n) is 17.4. The number of aromatic nitrogens is 2. The van der Waals surface area contributed by atoms with Gasteiger partial charge in [-0.2, -0.15) is 0 Å². The molecular weight excluding hydrogens is 811 g/mol. The summed E-state index contributed by atoms with van der Waals surface area (Å²) in [5, 5.41) is 7.30. The first kappa shape index (κ1) is 38.5. The molecule has 3 heteroatoms. The Morgan fingerprint density at radius 1 is 0.254 bits per heavy atom. The maximum Gasteiger partial charge on any atom is 0.0641 e. The summed E-state index contributed by atoms with van der Waals surface area (Å²) in [5.41, 5.74) is 17.5. The standard InChI is InChI=1S/C64H43N3/c1-4-15-44(16-5-1)47-27-33-52(34-28-47)65(54-22-14-21-50(41-54)46-19-8-3-9-20-46)55-37-31-49-32-38-56(43-51(49)42-55)67-60-25-12-10-23-57(60)58-39-40-62-63(64(58)67)59-24-11-13-26-61(59)66(62)53-35-29-48(30-36-53)45-17-6-2-7-18-45/h1-43H. The highest BCUT2D eigenvalue weighted by atomic mass is 15.1. The van der Waals surface area contributed by atoms with Gasteiger partial charge in [0.15, 0.2) is 0 Å². The zero-order valence-corrected chi connectivity index (χ0v) is 36.7. The number of anilines is 3. The summed E-state index contributed by atoms with van der Waals surface area (Å²) in [6.45, 7) is 0. The summed E-state index contributed by atoms with van der Waals surface area (Å²) in [6.07, 6.45) is 0. The van der Waals surface area contributed by atoms with Gasteiger partial charge in [-0.15, -0.1) is 0 Å². The molecule has 0 unspecified atom stereocenters. The second-order valence-corrected chi connectivity index (χ2v) is 17.4. The van der Waals surface area contributed by atoms with Gasteiger partial charge >= 0.3 is 0 Å². The van der Waals surface area contributed by atoms with Gasteiger partial charge in [0, 0.05) is 50.0 Å². The first-order chi connectivity index (χ1) is 33.2. The minimum absolute atomic E-state index is 1.09. The van der Waals surface area contributed by atoms with Gasteiger partial charge in [-0.3, -0.25) is 0 Å². The van der Waals surface area contributed by atoms with Gasteiger partial charge in [0.1, 0.15) is 0 Å². The van der Waals surface area contributed by atoms with Crippen molar-refractivity contribution in [3.8, 4) is 44.8 Å². The Labute approximate surface area is 389 Å². The third-order valence-electron chi connectivity index (χ3n) is 13.5. The quantitative estimate of drug-likeness (QED) is 0.148. The zero-order valence-electron chi connectivity index (χ0n) is 36.7. The summed E-state index contributed by atoms with van der Waals surface area (Å²) < 4.78 is 4.93. The lowest BCUT2D eigenvalue weighted by Crippen LogP contribution is -2.10. The number of benzene rings is 11. The molecule has 0 amide bonds. The average molecular weight is 854 g/mol. The van der Waals surface area contributed by atoms with E-state index < -0.39 is 0 Å². The third-order valence-corrected chi connectivity index (χ3v) is 13.5. The number of hydrogen-bond acceptors (Lipinski definition) is 1. The van der Waals surface area contributed by atoms with Crippen molar-refractivity contribution in [1.29, 1.82) is 0 Å². The molecule has 13 rings (SSSR count). The summed E-state index contributed by atoms with van der Waals surface area (Å²) >= 11 is 0. The van der Waals surface area contributed by atoms with Crippen molar-refractivity contribution < 1.29 is 0 Å². The molecule has 13 aromatic rings. The molecule has 0 fully saturated rings. The van der Waals surface area contributed by atoms with Crippen LogP contribution >= 0.6 is 0 Å². The first-order valence-electron chi connectivity index (χ1n) is 23.0. The van der Waals surface area contributed by atoms with Gasteiger partial charge in [0.25, 0.3) is 0 Å². The maximum atomic E-state index is 2.50. The Hall–Kier alpha value is -8.92. The van der Waals surface area contributed by atoms with E-state index in [1.165, 1.54) is 87.8 Å². The summed E-state index contributed by atoms with van der Waals surface area (Å²) in [7, 11) is 0. The van der Waals surface area contributed by atoms with Crippen LogP contribution in [0.5, 0.6) is 0 Å². The normalized spacial score (nSPS) is 11.6. The number of rotatable bonds is 8. The van der Waals surface area contributed by atoms with E-state index in [1.54, 1.807) is 0 Å². The molecular formula is C64H43N3. The van der Waals surface area contributed by atoms with Crippen LogP contribution in [-0.4, -0.2) is 9.13 Å². The molecule has 67 heavy (non-hydrogen) atoms. The van der Waals surface area contributed by atoms with Crippen molar-refractivity contribution in [2.45, 2.75) is 0 Å². The van der Waals surface area contributed by atoms with Gasteiger partial charge in [0.2, 0.25) is 0 Å². The maximum absolute atomic E-state index is 2.50. The minimum atomic E-state index is 1.09. The van der Waals surface area contributed by atoms with E-state index in [0.29, 0.717) is 0 Å². The average Bonchev–Trinajstić information content (AvgIpc) is 3.93. The third kappa shape index (κ3) is 6.59. The molecule has 0 radical (unpaired) electrons. The van der Waals surface area contributed by atoms with Gasteiger partial charge in [-0.05, 0) is 123 Å². The minimum Gasteiger partial charge on any atom is -0.310 e. The lowest BCUT2D eigenvalue weighted by Gasteiger charge is -2.26. The summed E-state index contributed by atoms with van der Waals surface area (Å²) in [5.74, 6) is 0. The van der Waals surface area contributed by atoms with Crippen LogP contribution in [0.2, 0.25) is 0 Å². The van der Waals surface area contributed by atoms with E-state index in [0.717, 1.165) is 28.4 Å². The highest BCUT2D eigenvalue weighted by molar-refractivity contribution is 6.26. The molecule has 0 aliphatic carbocycles. The molecule has 0 N–H and O–H groups in total. The van der Waals surface area contributed by atoms with Crippen molar-refractivity contribution in [3.05, 3.63) is 261 Å². The molecule has 0 atom stereocenters. The Morgan fingerprint density at radius 3 is 1.45 bits per heavy atom. The van der Waals surface area contributed by atoms with Crippen molar-refractivity contribution in [3.63, 3.8) is 0 Å². The smallest absolute Gasteiger partial charge is 0.0641 e. The molecule has 0 saturated carbocycles. The fraction of sp³-hybridized carbons (Fsp3) is 0. The van der Waals surface area contributed by atoms with Crippen LogP contribution in [-0.2, 0) is 0 Å². The zero-order chi connectivity index (χ0) is 44.3. The van der Waals surface area contributed by atoms with Crippen LogP contribution < -0.4 is 4.90 Å². The highest BCUT2D eigenvalue weighted by Gasteiger charge is 2.22. The predicted molar refractivity (Wildman–Crippen MR) is 284 cm³/mol. The van der Waals surface area contributed by atoms with Crippen LogP contribution in [0.25, 0.3) is 99.1 Å². The molecule has 2 heterocycles. The predicted octanol–water partition coefficient (Wildman–Crippen LogP) is 17.5. The molecule has 2 aromatic heterocycles. The topological polar surface area (TPSA) is 13.1 Å². The van der Waals surface area contributed by atoms with E-state index in [-0.39, 0.29) is 0 Å². The highest BCUT2D eigenvalue weighted by Crippen LogP contribution is 2.44. The summed E-state index contributed by atoms with van der Waals surface area (Å²) in [4.78, 5) is 2.39. The van der Waals surface area contributed by atoms with Crippen molar-refractivity contribution >= 4 is 71.4 Å². The number of para-hydroxylation sites is 2. The fourth-order valence-corrected chi connectivity index (χ4v) is 10.3. The van der Waals surface area contributed by atoms with Crippen molar-refractivity contribution in [2.24, 2.45) is 0 Å². The van der Waals surface area contributed by atoms with E-state index >= 15 is 0 Å². The second kappa shape index (κ2) is 16.0. The monoisotopic (exact) mass is 853 g/mol. The van der Waals surface area contributed by atoms with E-state index in [1.807, 2.05) is 0 Å². The van der Waals surface area contributed by atoms with Gasteiger partial charge in [0.05, 0.1) is 22.1 Å². The molecule has 0 aliphatic heterocycles. The molecule has 0 spiro atoms. The Bertz CT molecular complexity index is 3940. The van der Waals surface area contributed by atoms with Gasteiger partial charge in [-0.25, -0.2) is 0 Å². The summed E-state index contributed by atoms with van der Waals surface area (Å²) in [6, 6.07) is 94.9. The lowest BCUT2D eigenvalue weighted by molar-refractivity contribution is 1.18. The lowest BCUT2D eigenvalue weighted by atomic mass is 10.0. The van der Waals surface area contributed by atoms with Crippen LogP contribution in [0.3, 0.4) is 0 Å². The number of nitrogens with zero attached hydrogens (tertiary/aromatic N) is 3. The Kier molecular flexibility index (Phi) is 9.17. The molecule has 0 bridgehead atoms. The molecule has 11 aromatic carbocycles. The van der Waals surface area contributed by atoms with Crippen molar-refractivity contribution in [2.75, 3.05) is 4.90 Å². The van der Waals surface area contributed by atoms with Crippen molar-refractivity contribution in [1.82, 2.24) is 9.13 Å². The van der Waals surface area contributed by atoms with Crippen LogP contribution in [0.15, 0.2) is 261 Å². The van der Waals surface area contributed by atoms with Crippen LogP contribution in [0.4, 0.5) is 17.1 Å². The van der Waals surface area contributed by atoms with E-state index in [4.69, 9.17) is 0 Å². The molecule has 0 aliphatic rings. The van der Waals surface area contributed by atoms with Crippen LogP contribution in [0, 0.1) is 0 Å². The van der Waals surface area contributed by atoms with Gasteiger partial charge < -0.3 is 14.0 Å². The number of fused-ring (bicyclic) bond motifs is 8. The van der Waals surface area contributed by atoms with Crippen LogP contribution in [0.1, 0.15) is 0 Å². The SMILES string of the molecule is c1ccc(-c2ccc(N(c3cccc(-c4ccccc4)c3)c3ccc4ccc(-n5c6ccccc6c6ccc7c(c8ccccc8n7-c7ccc(-c8ccccc8)cc7)c65)cc4c3)cc2)cc1. The first-order valence-corrected chi connectivity index (χ1v) is 23.0. The van der Waals surface area contributed by atoms with E-state index in [9.17, 15) is 0 Å². The molecule has 0 saturated heterocycles. The number of hydrogen-bond donors (Lipinski definition) is 0. The van der Waals surface area contributed by atoms with Gasteiger partial charge in [-0.1, -0.05) is 182 Å². The Morgan fingerprint density at radius 2 is 0.761 bits per heavy atom. The largest absolute Gasteiger partial charge is 0.310 e. The Balaban J connectivity index is 0.991.